The molecule has 1 unspecified atom stereocenters. The van der Waals surface area contributed by atoms with Gasteiger partial charge in [-0.2, -0.15) is 5.10 Å². The van der Waals surface area contributed by atoms with Gasteiger partial charge in [0.05, 0.1) is 11.7 Å². The molecule has 0 spiro atoms. The van der Waals surface area contributed by atoms with Crippen LogP contribution in [-0.4, -0.2) is 27.0 Å². The van der Waals surface area contributed by atoms with Gasteiger partial charge in [-0.25, -0.2) is 0 Å². The largest absolute Gasteiger partial charge is 0.323 e. The van der Waals surface area contributed by atoms with E-state index in [9.17, 15) is 4.79 Å². The van der Waals surface area contributed by atoms with Crippen molar-refractivity contribution in [3.63, 3.8) is 0 Å². The van der Waals surface area contributed by atoms with E-state index in [1.807, 2.05) is 24.3 Å². The summed E-state index contributed by atoms with van der Waals surface area (Å²) in [6, 6.07) is 16.6. The van der Waals surface area contributed by atoms with Crippen LogP contribution in [0.2, 0.25) is 5.02 Å². The predicted molar refractivity (Wildman–Crippen MR) is 124 cm³/mol. The summed E-state index contributed by atoms with van der Waals surface area (Å²) in [5.41, 5.74) is 5.91. The molecule has 1 atom stereocenters. The zero-order chi connectivity index (χ0) is 21.5. The number of hydrogen-bond acceptors (Lipinski definition) is 2. The molecule has 2 aromatic carbocycles. The van der Waals surface area contributed by atoms with E-state index in [0.29, 0.717) is 16.6 Å². The minimum absolute atomic E-state index is 0.0764. The summed E-state index contributed by atoms with van der Waals surface area (Å²) in [6.45, 7) is 4.41. The SMILES string of the molecule is CC(C)c1ccc(C2c3c(-c4ccc(Cl)cc4)n[nH]c3C(=O)N2C2CCCCC2)cc1. The van der Waals surface area contributed by atoms with Gasteiger partial charge in [0, 0.05) is 22.2 Å². The molecular formula is C26H28ClN3O. The van der Waals surface area contributed by atoms with Crippen molar-refractivity contribution in [1.82, 2.24) is 15.1 Å². The quantitative estimate of drug-likeness (QED) is 0.495. The molecule has 1 aliphatic carbocycles. The van der Waals surface area contributed by atoms with Gasteiger partial charge in [0.15, 0.2) is 0 Å². The molecule has 1 N–H and O–H groups in total. The van der Waals surface area contributed by atoms with E-state index in [4.69, 9.17) is 11.6 Å². The molecule has 5 heteroatoms. The first-order valence-corrected chi connectivity index (χ1v) is 11.7. The number of nitrogens with one attached hydrogen (secondary N) is 1. The summed E-state index contributed by atoms with van der Waals surface area (Å²) >= 11 is 6.11. The lowest BCUT2D eigenvalue weighted by atomic mass is 9.90. The molecule has 31 heavy (non-hydrogen) atoms. The topological polar surface area (TPSA) is 49.0 Å². The first kappa shape index (κ1) is 20.3. The van der Waals surface area contributed by atoms with Crippen molar-refractivity contribution in [2.75, 3.05) is 0 Å². The third-order valence-corrected chi connectivity index (χ3v) is 7.06. The van der Waals surface area contributed by atoms with Crippen LogP contribution in [0.25, 0.3) is 11.3 Å². The minimum Gasteiger partial charge on any atom is -0.323 e. The van der Waals surface area contributed by atoms with Crippen molar-refractivity contribution in [3.8, 4) is 11.3 Å². The summed E-state index contributed by atoms with van der Waals surface area (Å²) < 4.78 is 0. The van der Waals surface area contributed by atoms with Crippen LogP contribution in [0.5, 0.6) is 0 Å². The van der Waals surface area contributed by atoms with Crippen molar-refractivity contribution in [3.05, 3.63) is 75.9 Å². The molecular weight excluding hydrogens is 406 g/mol. The number of benzene rings is 2. The summed E-state index contributed by atoms with van der Waals surface area (Å²) in [5.74, 6) is 0.551. The third-order valence-electron chi connectivity index (χ3n) is 6.81. The molecule has 0 bridgehead atoms. The first-order chi connectivity index (χ1) is 15.0. The Morgan fingerprint density at radius 1 is 1.00 bits per heavy atom. The lowest BCUT2D eigenvalue weighted by molar-refractivity contribution is 0.0606. The van der Waals surface area contributed by atoms with Crippen molar-refractivity contribution in [1.29, 1.82) is 0 Å². The highest BCUT2D eigenvalue weighted by atomic mass is 35.5. The molecule has 1 fully saturated rings. The molecule has 1 saturated carbocycles. The maximum atomic E-state index is 13.6. The number of nitrogens with zero attached hydrogens (tertiary/aromatic N) is 2. The highest BCUT2D eigenvalue weighted by Crippen LogP contribution is 2.45. The monoisotopic (exact) mass is 433 g/mol. The van der Waals surface area contributed by atoms with Gasteiger partial charge in [0.1, 0.15) is 5.69 Å². The maximum absolute atomic E-state index is 13.6. The Kier molecular flexibility index (Phi) is 5.35. The van der Waals surface area contributed by atoms with Gasteiger partial charge >= 0.3 is 0 Å². The van der Waals surface area contributed by atoms with Gasteiger partial charge in [0.2, 0.25) is 0 Å². The number of amides is 1. The van der Waals surface area contributed by atoms with E-state index in [1.165, 1.54) is 24.8 Å². The Hall–Kier alpha value is -2.59. The lowest BCUT2D eigenvalue weighted by Crippen LogP contribution is -2.40. The van der Waals surface area contributed by atoms with Crippen LogP contribution in [0.1, 0.15) is 85.1 Å². The Morgan fingerprint density at radius 2 is 1.68 bits per heavy atom. The molecule has 2 heterocycles. The van der Waals surface area contributed by atoms with Gasteiger partial charge < -0.3 is 4.90 Å². The Morgan fingerprint density at radius 3 is 2.32 bits per heavy atom. The Balaban J connectivity index is 1.63. The molecule has 1 amide bonds. The highest BCUT2D eigenvalue weighted by molar-refractivity contribution is 6.30. The fraction of sp³-hybridized carbons (Fsp3) is 0.385. The number of hydrogen-bond donors (Lipinski definition) is 1. The van der Waals surface area contributed by atoms with Crippen LogP contribution in [0.15, 0.2) is 48.5 Å². The van der Waals surface area contributed by atoms with E-state index in [-0.39, 0.29) is 18.0 Å². The van der Waals surface area contributed by atoms with Gasteiger partial charge in [-0.3, -0.25) is 9.89 Å². The van der Waals surface area contributed by atoms with Crippen molar-refractivity contribution in [2.45, 2.75) is 64.0 Å². The van der Waals surface area contributed by atoms with E-state index >= 15 is 0 Å². The van der Waals surface area contributed by atoms with E-state index in [1.54, 1.807) is 0 Å². The summed E-state index contributed by atoms with van der Waals surface area (Å²) in [7, 11) is 0. The summed E-state index contributed by atoms with van der Waals surface area (Å²) in [6.07, 6.45) is 5.77. The molecule has 160 valence electrons. The summed E-state index contributed by atoms with van der Waals surface area (Å²) in [4.78, 5) is 15.7. The lowest BCUT2D eigenvalue weighted by Gasteiger charge is -2.36. The molecule has 2 aliphatic rings. The average molecular weight is 434 g/mol. The number of aromatic amines is 1. The molecule has 3 aromatic rings. The number of halogens is 1. The molecule has 0 saturated heterocycles. The number of aromatic nitrogens is 2. The molecule has 5 rings (SSSR count). The van der Waals surface area contributed by atoms with Crippen LogP contribution < -0.4 is 0 Å². The normalized spacial score (nSPS) is 19.3. The van der Waals surface area contributed by atoms with Crippen molar-refractivity contribution in [2.24, 2.45) is 0 Å². The fourth-order valence-corrected chi connectivity index (χ4v) is 5.25. The molecule has 1 aromatic heterocycles. The van der Waals surface area contributed by atoms with Crippen molar-refractivity contribution >= 4 is 17.5 Å². The van der Waals surface area contributed by atoms with E-state index < -0.39 is 0 Å². The third kappa shape index (κ3) is 3.57. The fourth-order valence-electron chi connectivity index (χ4n) is 5.12. The van der Waals surface area contributed by atoms with E-state index in [0.717, 1.165) is 35.2 Å². The van der Waals surface area contributed by atoms with Crippen LogP contribution in [0.3, 0.4) is 0 Å². The highest BCUT2D eigenvalue weighted by Gasteiger charge is 2.45. The van der Waals surface area contributed by atoms with Crippen LogP contribution in [-0.2, 0) is 0 Å². The van der Waals surface area contributed by atoms with Crippen molar-refractivity contribution < 1.29 is 4.79 Å². The number of carbonyl (C=O) groups is 1. The van der Waals surface area contributed by atoms with Gasteiger partial charge in [-0.05, 0) is 42.0 Å². The minimum atomic E-state index is -0.115. The predicted octanol–water partition coefficient (Wildman–Crippen LogP) is 6.73. The number of fused-ring (bicyclic) bond motifs is 1. The number of rotatable bonds is 4. The second-order valence-electron chi connectivity index (χ2n) is 9.10. The number of H-pyrrole nitrogens is 1. The van der Waals surface area contributed by atoms with Gasteiger partial charge in [-0.15, -0.1) is 0 Å². The zero-order valence-corrected chi connectivity index (χ0v) is 18.8. The second kappa shape index (κ2) is 8.16. The van der Waals surface area contributed by atoms with E-state index in [2.05, 4.69) is 53.2 Å². The standard InChI is InChI=1S/C26H28ClN3O/c1-16(2)17-8-10-19(11-9-17)25-22-23(18-12-14-20(27)15-13-18)28-29-24(22)26(31)30(25)21-6-4-3-5-7-21/h8-16,21,25H,3-7H2,1-2H3,(H,28,29). The summed E-state index contributed by atoms with van der Waals surface area (Å²) in [5, 5.41) is 8.34. The smallest absolute Gasteiger partial charge is 0.273 e. The Bertz CT molecular complexity index is 1080. The second-order valence-corrected chi connectivity index (χ2v) is 9.53. The van der Waals surface area contributed by atoms with Gasteiger partial charge in [0.25, 0.3) is 5.91 Å². The number of carbonyl (C=O) groups excluding carboxylic acids is 1. The van der Waals surface area contributed by atoms with Crippen LogP contribution in [0.4, 0.5) is 0 Å². The molecule has 0 radical (unpaired) electrons. The zero-order valence-electron chi connectivity index (χ0n) is 18.1. The molecule has 4 nitrogen and oxygen atoms in total. The first-order valence-electron chi connectivity index (χ1n) is 11.3. The molecule has 1 aliphatic heterocycles. The Labute approximate surface area is 188 Å². The maximum Gasteiger partial charge on any atom is 0.273 e. The van der Waals surface area contributed by atoms with Gasteiger partial charge in [-0.1, -0.05) is 81.1 Å². The van der Waals surface area contributed by atoms with Crippen LogP contribution >= 0.6 is 11.6 Å². The van der Waals surface area contributed by atoms with Crippen LogP contribution in [0, 0.1) is 0 Å². The average Bonchev–Trinajstić information content (AvgIpc) is 3.34.